The number of hydrogen-bond donors (Lipinski definition) is 1. The number of sulfonamides is 2. The van der Waals surface area contributed by atoms with Crippen LogP contribution in [0.3, 0.4) is 0 Å². The highest BCUT2D eigenvalue weighted by Crippen LogP contribution is 2.27. The summed E-state index contributed by atoms with van der Waals surface area (Å²) < 4.78 is 59.9. The monoisotopic (exact) mass is 541 g/mol. The first kappa shape index (κ1) is 26.1. The number of anilines is 1. The van der Waals surface area contributed by atoms with Crippen molar-refractivity contribution in [2.75, 3.05) is 44.7 Å². The molecule has 0 saturated carbocycles. The molecule has 0 unspecified atom stereocenters. The maximum Gasteiger partial charge on any atom is 0.255 e. The Balaban J connectivity index is 1.49. The van der Waals surface area contributed by atoms with Gasteiger partial charge >= 0.3 is 0 Å². The van der Waals surface area contributed by atoms with Gasteiger partial charge in [0.05, 0.1) is 23.1 Å². The van der Waals surface area contributed by atoms with Crippen LogP contribution in [0.4, 0.5) is 5.69 Å². The Morgan fingerprint density at radius 3 is 2.03 bits per heavy atom. The van der Waals surface area contributed by atoms with Crippen LogP contribution >= 0.6 is 11.6 Å². The van der Waals surface area contributed by atoms with E-state index in [9.17, 15) is 21.6 Å². The predicted octanol–water partition coefficient (Wildman–Crippen LogP) is 3.18. The number of hydrogen-bond acceptors (Lipinski definition) is 6. The molecule has 12 heteroatoms. The van der Waals surface area contributed by atoms with Gasteiger partial charge in [-0.2, -0.15) is 8.61 Å². The highest BCUT2D eigenvalue weighted by atomic mass is 35.5. The van der Waals surface area contributed by atoms with Gasteiger partial charge in [-0.25, -0.2) is 16.8 Å². The standard InChI is InChI=1S/C23H28ClN3O6S2/c24-21-10-5-18(17-22(21)35(31,32)27-13-15-33-16-14-27)23(28)25-19-6-8-20(9-7-19)34(29,30)26-11-3-1-2-4-12-26/h5-10,17H,1-4,11-16H2,(H,25,28). The molecular formula is C23H28ClN3O6S2. The summed E-state index contributed by atoms with van der Waals surface area (Å²) in [6.45, 7) is 2.02. The molecule has 0 spiro atoms. The van der Waals surface area contributed by atoms with Crippen LogP contribution in [0.2, 0.25) is 5.02 Å². The summed E-state index contributed by atoms with van der Waals surface area (Å²) in [5.41, 5.74) is 0.500. The first-order valence-electron chi connectivity index (χ1n) is 11.5. The number of rotatable bonds is 6. The zero-order valence-corrected chi connectivity index (χ0v) is 21.5. The van der Waals surface area contributed by atoms with Gasteiger partial charge in [0.1, 0.15) is 4.90 Å². The van der Waals surface area contributed by atoms with Crippen LogP contribution < -0.4 is 5.32 Å². The van der Waals surface area contributed by atoms with E-state index in [0.29, 0.717) is 32.0 Å². The van der Waals surface area contributed by atoms with Crippen LogP contribution in [-0.2, 0) is 24.8 Å². The van der Waals surface area contributed by atoms with Gasteiger partial charge in [0.25, 0.3) is 5.91 Å². The summed E-state index contributed by atoms with van der Waals surface area (Å²) >= 11 is 6.17. The van der Waals surface area contributed by atoms with Crippen LogP contribution in [0, 0.1) is 0 Å². The minimum Gasteiger partial charge on any atom is -0.379 e. The largest absolute Gasteiger partial charge is 0.379 e. The summed E-state index contributed by atoms with van der Waals surface area (Å²) in [6, 6.07) is 10.0. The Morgan fingerprint density at radius 2 is 1.40 bits per heavy atom. The van der Waals surface area contributed by atoms with Crippen molar-refractivity contribution in [3.63, 3.8) is 0 Å². The van der Waals surface area contributed by atoms with Crippen molar-refractivity contribution in [3.05, 3.63) is 53.1 Å². The van der Waals surface area contributed by atoms with Gasteiger partial charge in [-0.05, 0) is 55.3 Å². The van der Waals surface area contributed by atoms with Gasteiger partial charge in [-0.3, -0.25) is 4.79 Å². The summed E-state index contributed by atoms with van der Waals surface area (Å²) in [7, 11) is -7.48. The van der Waals surface area contributed by atoms with Crippen molar-refractivity contribution in [1.29, 1.82) is 0 Å². The minimum atomic E-state index is -3.89. The first-order valence-corrected chi connectivity index (χ1v) is 14.7. The van der Waals surface area contributed by atoms with Crippen molar-refractivity contribution in [2.24, 2.45) is 0 Å². The third-order valence-electron chi connectivity index (χ3n) is 6.10. The zero-order chi connectivity index (χ0) is 25.1. The maximum absolute atomic E-state index is 13.0. The second-order valence-corrected chi connectivity index (χ2v) is 12.7. The van der Waals surface area contributed by atoms with Crippen LogP contribution in [0.1, 0.15) is 36.0 Å². The molecule has 190 valence electrons. The lowest BCUT2D eigenvalue weighted by atomic mass is 10.2. The smallest absolute Gasteiger partial charge is 0.255 e. The van der Waals surface area contributed by atoms with E-state index in [1.165, 1.54) is 51.1 Å². The Morgan fingerprint density at radius 1 is 0.800 bits per heavy atom. The van der Waals surface area contributed by atoms with Crippen LogP contribution in [0.25, 0.3) is 0 Å². The minimum absolute atomic E-state index is 0.0242. The van der Waals surface area contributed by atoms with E-state index in [2.05, 4.69) is 5.32 Å². The quantitative estimate of drug-likeness (QED) is 0.601. The number of carbonyl (C=O) groups excluding carboxylic acids is 1. The first-order chi connectivity index (χ1) is 16.7. The molecule has 0 radical (unpaired) electrons. The number of halogens is 1. The van der Waals surface area contributed by atoms with Gasteiger partial charge in [0, 0.05) is 37.4 Å². The van der Waals surface area contributed by atoms with E-state index in [1.54, 1.807) is 0 Å². The number of ether oxygens (including phenoxy) is 1. The lowest BCUT2D eigenvalue weighted by Crippen LogP contribution is -2.40. The molecule has 2 aliphatic heterocycles. The van der Waals surface area contributed by atoms with Crippen molar-refractivity contribution >= 4 is 43.2 Å². The molecule has 2 saturated heterocycles. The van der Waals surface area contributed by atoms with Gasteiger partial charge in [0.2, 0.25) is 20.0 Å². The van der Waals surface area contributed by atoms with Crippen molar-refractivity contribution in [1.82, 2.24) is 8.61 Å². The topological polar surface area (TPSA) is 113 Å². The van der Waals surface area contributed by atoms with Gasteiger partial charge in [-0.15, -0.1) is 0 Å². The molecule has 2 heterocycles. The molecule has 0 aromatic heterocycles. The van der Waals surface area contributed by atoms with Crippen LogP contribution in [0.5, 0.6) is 0 Å². The van der Waals surface area contributed by atoms with E-state index in [4.69, 9.17) is 16.3 Å². The number of benzene rings is 2. The molecule has 0 atom stereocenters. The SMILES string of the molecule is O=C(Nc1ccc(S(=O)(=O)N2CCCCCC2)cc1)c1ccc(Cl)c(S(=O)(=O)N2CCOCC2)c1. The van der Waals surface area contributed by atoms with Crippen molar-refractivity contribution in [2.45, 2.75) is 35.5 Å². The highest BCUT2D eigenvalue weighted by molar-refractivity contribution is 7.89. The molecule has 0 bridgehead atoms. The molecule has 35 heavy (non-hydrogen) atoms. The van der Waals surface area contributed by atoms with Gasteiger partial charge < -0.3 is 10.1 Å². The Kier molecular flexibility index (Phi) is 8.14. The zero-order valence-electron chi connectivity index (χ0n) is 19.2. The molecule has 1 N–H and O–H groups in total. The van der Waals surface area contributed by atoms with Crippen molar-refractivity contribution in [3.8, 4) is 0 Å². The summed E-state index contributed by atoms with van der Waals surface area (Å²) in [4.78, 5) is 12.9. The predicted molar refractivity (Wildman–Crippen MR) is 133 cm³/mol. The molecule has 9 nitrogen and oxygen atoms in total. The average molecular weight is 542 g/mol. The molecule has 2 fully saturated rings. The summed E-state index contributed by atoms with van der Waals surface area (Å²) in [6.07, 6.45) is 3.74. The number of carbonyl (C=O) groups is 1. The molecule has 2 aromatic rings. The number of nitrogens with one attached hydrogen (secondary N) is 1. The molecule has 2 aliphatic rings. The van der Waals surface area contributed by atoms with Gasteiger partial charge in [0.15, 0.2) is 0 Å². The maximum atomic E-state index is 13.0. The van der Waals surface area contributed by atoms with Crippen LogP contribution in [0.15, 0.2) is 52.3 Å². The van der Waals surface area contributed by atoms with E-state index < -0.39 is 26.0 Å². The number of morpholine rings is 1. The van der Waals surface area contributed by atoms with Gasteiger partial charge in [-0.1, -0.05) is 24.4 Å². The van der Waals surface area contributed by atoms with Crippen LogP contribution in [-0.4, -0.2) is 70.7 Å². The Hall–Kier alpha value is -2.02. The van der Waals surface area contributed by atoms with E-state index >= 15 is 0 Å². The normalized spacial score (nSPS) is 18.7. The third kappa shape index (κ3) is 5.87. The number of amides is 1. The fourth-order valence-corrected chi connectivity index (χ4v) is 7.54. The van der Waals surface area contributed by atoms with Crippen molar-refractivity contribution < 1.29 is 26.4 Å². The lowest BCUT2D eigenvalue weighted by Gasteiger charge is -2.26. The summed E-state index contributed by atoms with van der Waals surface area (Å²) in [5, 5.41) is 2.71. The Bertz CT molecular complexity index is 1270. The molecule has 2 aromatic carbocycles. The fourth-order valence-electron chi connectivity index (χ4n) is 4.11. The third-order valence-corrected chi connectivity index (χ3v) is 10.4. The number of nitrogens with zero attached hydrogens (tertiary/aromatic N) is 2. The van der Waals surface area contributed by atoms with E-state index in [0.717, 1.165) is 25.7 Å². The fraction of sp³-hybridized carbons (Fsp3) is 0.435. The highest BCUT2D eigenvalue weighted by Gasteiger charge is 2.29. The Labute approximate surface area is 211 Å². The summed E-state index contributed by atoms with van der Waals surface area (Å²) in [5.74, 6) is -0.539. The van der Waals surface area contributed by atoms with E-state index in [-0.39, 0.29) is 33.5 Å². The second-order valence-electron chi connectivity index (χ2n) is 8.46. The molecule has 1 amide bonds. The second kappa shape index (κ2) is 10.9. The average Bonchev–Trinajstić information content (AvgIpc) is 3.15. The van der Waals surface area contributed by atoms with E-state index in [1.807, 2.05) is 0 Å². The lowest BCUT2D eigenvalue weighted by molar-refractivity contribution is 0.0730. The molecule has 4 rings (SSSR count). The molecular weight excluding hydrogens is 514 g/mol. The molecule has 0 aliphatic carbocycles.